The summed E-state index contributed by atoms with van der Waals surface area (Å²) in [5.41, 5.74) is 3.45. The molecule has 5 rings (SSSR count). The predicted molar refractivity (Wildman–Crippen MR) is 226 cm³/mol. The smallest absolute Gasteiger partial charge is 0.407 e. The summed E-state index contributed by atoms with van der Waals surface area (Å²) >= 11 is 0. The maximum absolute atomic E-state index is 13.4. The summed E-state index contributed by atoms with van der Waals surface area (Å²) in [5, 5.41) is 18.0. The minimum Gasteiger partial charge on any atom is -0.468 e. The molecule has 0 saturated heterocycles. The third-order valence-corrected chi connectivity index (χ3v) is 11.9. The Bertz CT molecular complexity index is 2480. The van der Waals surface area contributed by atoms with E-state index in [0.29, 0.717) is 35.7 Å². The van der Waals surface area contributed by atoms with Gasteiger partial charge >= 0.3 is 12.1 Å². The molecule has 18 nitrogen and oxygen atoms in total. The summed E-state index contributed by atoms with van der Waals surface area (Å²) < 4.78 is 67.0. The van der Waals surface area contributed by atoms with Crippen LogP contribution in [0.15, 0.2) is 125 Å². The van der Waals surface area contributed by atoms with Gasteiger partial charge in [-0.3, -0.25) is 9.59 Å². The molecule has 1 atom stereocenters. The van der Waals surface area contributed by atoms with Crippen LogP contribution in [-0.4, -0.2) is 96.9 Å². The van der Waals surface area contributed by atoms with E-state index in [1.165, 1.54) is 42.5 Å². The predicted octanol–water partition coefficient (Wildman–Crippen LogP) is 2.29. The fourth-order valence-corrected chi connectivity index (χ4v) is 7.92. The number of hydrogen-bond acceptors (Lipinski definition) is 13. The van der Waals surface area contributed by atoms with Gasteiger partial charge in [0.25, 0.3) is 5.91 Å². The minimum atomic E-state index is -4.30. The molecule has 0 aliphatic heterocycles. The van der Waals surface area contributed by atoms with E-state index in [0.717, 1.165) is 31.0 Å². The quantitative estimate of drug-likeness (QED) is 0.0229. The maximum Gasteiger partial charge on any atom is 0.407 e. The van der Waals surface area contributed by atoms with Crippen molar-refractivity contribution in [2.24, 2.45) is 0 Å². The van der Waals surface area contributed by atoms with Crippen LogP contribution in [0.5, 0.6) is 0 Å². The van der Waals surface area contributed by atoms with E-state index < -0.39 is 50.6 Å². The number of nitrogens with one attached hydrogen (secondary N) is 6. The summed E-state index contributed by atoms with van der Waals surface area (Å²) in [6.07, 6.45) is 4.51. The first kappa shape index (κ1) is 45.5. The van der Waals surface area contributed by atoms with E-state index in [-0.39, 0.29) is 35.1 Å². The van der Waals surface area contributed by atoms with Crippen molar-refractivity contribution in [1.29, 1.82) is 5.41 Å². The molecule has 0 radical (unpaired) electrons. The number of quaternary nitrogens is 1. The number of methoxy groups -OCH3 is 1. The second-order valence-electron chi connectivity index (χ2n) is 13.2. The van der Waals surface area contributed by atoms with Crippen molar-refractivity contribution in [3.63, 3.8) is 0 Å². The molecule has 61 heavy (non-hydrogen) atoms. The number of rotatable bonds is 22. The van der Waals surface area contributed by atoms with Crippen LogP contribution in [0.25, 0.3) is 11.1 Å². The monoisotopic (exact) mass is 872 g/mol. The van der Waals surface area contributed by atoms with Gasteiger partial charge in [-0.15, -0.1) is 0 Å². The molecule has 0 fully saturated rings. The fraction of sp³-hybridized carbons (Fsp3) is 0.220. The second-order valence-corrected chi connectivity index (χ2v) is 16.7. The lowest BCUT2D eigenvalue weighted by atomic mass is 10.1. The number of amides is 2. The Hall–Kier alpha value is -6.58. The van der Waals surface area contributed by atoms with Crippen LogP contribution in [0.1, 0.15) is 27.9 Å². The van der Waals surface area contributed by atoms with Gasteiger partial charge in [0.2, 0.25) is 26.0 Å². The molecule has 4 aromatic carbocycles. The topological polar surface area (TPSA) is 264 Å². The lowest BCUT2D eigenvalue weighted by molar-refractivity contribution is -0.571. The number of alkyl carbamates (subject to hydrolysis) is 1. The van der Waals surface area contributed by atoms with Gasteiger partial charge in [0.05, 0.1) is 29.0 Å². The van der Waals surface area contributed by atoms with Crippen molar-refractivity contribution in [2.45, 2.75) is 28.9 Å². The van der Waals surface area contributed by atoms with E-state index in [1.807, 2.05) is 35.6 Å². The molecule has 0 bridgehead atoms. The zero-order valence-electron chi connectivity index (χ0n) is 33.0. The molecule has 1 aromatic heterocycles. The number of carbonyl (C=O) groups is 3. The zero-order valence-corrected chi connectivity index (χ0v) is 34.7. The average molecular weight is 873 g/mol. The second kappa shape index (κ2) is 22.1. The molecule has 1 heterocycles. The van der Waals surface area contributed by atoms with Gasteiger partial charge in [-0.05, 0) is 59.2 Å². The Morgan fingerprint density at radius 3 is 2.08 bits per heavy atom. The molecule has 20 heteroatoms. The van der Waals surface area contributed by atoms with Gasteiger partial charge < -0.3 is 36.2 Å². The highest BCUT2D eigenvalue weighted by molar-refractivity contribution is 7.89. The van der Waals surface area contributed by atoms with Gasteiger partial charge in [0.15, 0.2) is 0 Å². The Balaban J connectivity index is 1.10. The molecule has 0 spiro atoms. The Kier molecular flexibility index (Phi) is 16.5. The third kappa shape index (κ3) is 13.7. The number of sulfonamides is 2. The Labute approximate surface area is 353 Å². The first-order chi connectivity index (χ1) is 29.4. The Morgan fingerprint density at radius 1 is 0.787 bits per heavy atom. The number of esters is 1. The lowest BCUT2D eigenvalue weighted by Gasteiger charge is -2.18. The number of carbonyl (C=O) groups excluding carboxylic acids is 3. The molecule has 0 aliphatic rings. The molecular formula is C41H46N9O9S2+. The maximum atomic E-state index is 13.4. The van der Waals surface area contributed by atoms with Crippen molar-refractivity contribution < 1.29 is 46.0 Å². The number of hydrogen-bond donors (Lipinski definition) is 7. The third-order valence-electron chi connectivity index (χ3n) is 8.91. The number of anilines is 1. The van der Waals surface area contributed by atoms with Crippen molar-refractivity contribution in [2.75, 3.05) is 45.2 Å². The summed E-state index contributed by atoms with van der Waals surface area (Å²) in [7, 11) is -7.12. The number of ether oxygens (including phenoxy) is 2. The van der Waals surface area contributed by atoms with E-state index in [4.69, 9.17) is 14.9 Å². The highest BCUT2D eigenvalue weighted by Gasteiger charge is 2.27. The molecule has 2 amide bonds. The van der Waals surface area contributed by atoms with Crippen LogP contribution in [0.3, 0.4) is 0 Å². The van der Waals surface area contributed by atoms with Gasteiger partial charge in [-0.1, -0.05) is 54.6 Å². The average Bonchev–Trinajstić information content (AvgIpc) is 3.28. The van der Waals surface area contributed by atoms with E-state index in [9.17, 15) is 31.2 Å². The number of nitrogens with two attached hydrogens (primary N) is 1. The molecule has 320 valence electrons. The molecular weight excluding hydrogens is 827 g/mol. The summed E-state index contributed by atoms with van der Waals surface area (Å²) in [6, 6.07) is 25.7. The highest BCUT2D eigenvalue weighted by atomic mass is 32.2. The van der Waals surface area contributed by atoms with Crippen molar-refractivity contribution >= 4 is 55.9 Å². The zero-order chi connectivity index (χ0) is 43.7. The normalized spacial score (nSPS) is 11.8. The van der Waals surface area contributed by atoms with Crippen LogP contribution >= 0.6 is 0 Å². The van der Waals surface area contributed by atoms with E-state index >= 15 is 0 Å². The van der Waals surface area contributed by atoms with E-state index in [2.05, 4.69) is 35.4 Å². The first-order valence-electron chi connectivity index (χ1n) is 18.9. The SMILES string of the molecule is COC(=O)[C@H](CNC(=O)c1ccc([NH2+]CCCNc2ncccn2)c(C=N)c1)NS(=O)(=O)c1ccc(-c2ccc(S(=O)(=O)NCCNC(=O)OCc3ccccc3)cc2)cc1. The minimum absolute atomic E-state index is 0.00228. The lowest BCUT2D eigenvalue weighted by Crippen LogP contribution is -2.78. The van der Waals surface area contributed by atoms with Gasteiger partial charge in [-0.25, -0.2) is 36.3 Å². The summed E-state index contributed by atoms with van der Waals surface area (Å²) in [5.74, 6) is -0.991. The highest BCUT2D eigenvalue weighted by Crippen LogP contribution is 2.23. The first-order valence-corrected chi connectivity index (χ1v) is 21.9. The van der Waals surface area contributed by atoms with Crippen LogP contribution < -0.4 is 30.7 Å². The van der Waals surface area contributed by atoms with Gasteiger partial charge in [-0.2, -0.15) is 4.72 Å². The summed E-state index contributed by atoms with van der Waals surface area (Å²) in [6.45, 7) is 0.890. The standard InChI is InChI=1S/C41H45N9O9S2/c1-58-39(52)37(27-48-38(51)32-13-18-36(33(25-32)26-42)43-19-5-20-44-40-45-21-6-22-46-40)50-61(56,57)35-16-11-31(12-17-35)30-9-14-34(15-10-30)60(54,55)49-24-23-47-41(53)59-28-29-7-3-2-4-8-29/h2-4,6-18,21-22,25-26,37,42-43,49-50H,5,19-20,23-24,27-28H2,1H3,(H,47,53)(H,48,51)(H,44,45,46)/p+1/t37-/m0/s1. The molecule has 0 unspecified atom stereocenters. The van der Waals surface area contributed by atoms with Crippen LogP contribution in [0, 0.1) is 5.41 Å². The summed E-state index contributed by atoms with van der Waals surface area (Å²) in [4.78, 5) is 45.7. The molecule has 0 saturated carbocycles. The largest absolute Gasteiger partial charge is 0.468 e. The van der Waals surface area contributed by atoms with Gasteiger partial charge in [0.1, 0.15) is 18.3 Å². The van der Waals surface area contributed by atoms with E-state index in [1.54, 1.807) is 42.7 Å². The molecule has 5 aromatic rings. The molecule has 0 aliphatic carbocycles. The van der Waals surface area contributed by atoms with Gasteiger partial charge in [0, 0.05) is 62.8 Å². The van der Waals surface area contributed by atoms with Crippen LogP contribution in [0.4, 0.5) is 16.4 Å². The number of nitrogens with zero attached hydrogens (tertiary/aromatic N) is 2. The fourth-order valence-electron chi connectivity index (χ4n) is 5.71. The van der Waals surface area contributed by atoms with Crippen molar-refractivity contribution in [1.82, 2.24) is 30.0 Å². The number of aromatic nitrogens is 2. The van der Waals surface area contributed by atoms with Crippen molar-refractivity contribution in [3.8, 4) is 11.1 Å². The Morgan fingerprint density at radius 2 is 1.44 bits per heavy atom. The van der Waals surface area contributed by atoms with Crippen molar-refractivity contribution in [3.05, 3.63) is 132 Å². The number of benzene rings is 4. The molecule has 8 N–H and O–H groups in total. The van der Waals surface area contributed by atoms with Crippen LogP contribution in [-0.2, 0) is 40.9 Å². The van der Waals surface area contributed by atoms with Crippen LogP contribution in [0.2, 0.25) is 0 Å².